The lowest BCUT2D eigenvalue weighted by Crippen LogP contribution is -1.91. The minimum atomic E-state index is 0.910. The lowest BCUT2D eigenvalue weighted by atomic mass is 10.2. The van der Waals surface area contributed by atoms with Gasteiger partial charge in [-0.25, -0.2) is 0 Å². The first-order valence-corrected chi connectivity index (χ1v) is 4.53. The van der Waals surface area contributed by atoms with Crippen molar-refractivity contribution in [2.45, 2.75) is 20.8 Å². The van der Waals surface area contributed by atoms with Gasteiger partial charge in [-0.15, -0.1) is 0 Å². The maximum Gasteiger partial charge on any atom is 0.0856 e. The standard InChI is InChI=1S/C9H12N2.C2H6/c1-7-5-4-6-8(10-2)9(7)11-3;1-2/h4-6,11H,2H2,1,3H3;1-2H3. The average Bonchev–Trinajstić information content (AvgIpc) is 2.20. The van der Waals surface area contributed by atoms with Gasteiger partial charge in [0, 0.05) is 7.05 Å². The van der Waals surface area contributed by atoms with E-state index in [9.17, 15) is 0 Å². The summed E-state index contributed by atoms with van der Waals surface area (Å²) < 4.78 is 0. The summed E-state index contributed by atoms with van der Waals surface area (Å²) >= 11 is 0. The second kappa shape index (κ2) is 6.23. The summed E-state index contributed by atoms with van der Waals surface area (Å²) in [7, 11) is 1.89. The van der Waals surface area contributed by atoms with Gasteiger partial charge in [-0.05, 0) is 25.3 Å². The van der Waals surface area contributed by atoms with Gasteiger partial charge in [0.1, 0.15) is 0 Å². The Balaban J connectivity index is 0.000000671. The molecule has 0 radical (unpaired) electrons. The minimum absolute atomic E-state index is 0.910. The molecule has 1 aromatic carbocycles. The number of nitrogens with one attached hydrogen (secondary N) is 1. The minimum Gasteiger partial charge on any atom is -0.386 e. The Kier molecular flexibility index (Phi) is 5.60. The fourth-order valence-corrected chi connectivity index (χ4v) is 1.11. The Hall–Kier alpha value is -1.31. The molecule has 0 atom stereocenters. The largest absolute Gasteiger partial charge is 0.386 e. The van der Waals surface area contributed by atoms with E-state index in [-0.39, 0.29) is 0 Å². The normalized spacial score (nSPS) is 8.31. The Labute approximate surface area is 80.7 Å². The van der Waals surface area contributed by atoms with Crippen molar-refractivity contribution in [1.82, 2.24) is 0 Å². The molecule has 0 saturated carbocycles. The van der Waals surface area contributed by atoms with Crippen molar-refractivity contribution >= 4 is 18.1 Å². The molecule has 0 spiro atoms. The lowest BCUT2D eigenvalue weighted by molar-refractivity contribution is 1.38. The molecule has 0 aliphatic rings. The monoisotopic (exact) mass is 178 g/mol. The molecular formula is C11H18N2. The smallest absolute Gasteiger partial charge is 0.0856 e. The fourth-order valence-electron chi connectivity index (χ4n) is 1.11. The van der Waals surface area contributed by atoms with Crippen LogP contribution in [0, 0.1) is 6.92 Å². The van der Waals surface area contributed by atoms with Gasteiger partial charge >= 0.3 is 0 Å². The molecule has 0 fully saturated rings. The molecule has 0 aromatic heterocycles. The predicted octanol–water partition coefficient (Wildman–Crippen LogP) is 3.40. The van der Waals surface area contributed by atoms with E-state index in [1.807, 2.05) is 46.0 Å². The van der Waals surface area contributed by atoms with Crippen LogP contribution in [0.3, 0.4) is 0 Å². The second-order valence-electron chi connectivity index (χ2n) is 2.38. The number of rotatable bonds is 2. The van der Waals surface area contributed by atoms with E-state index >= 15 is 0 Å². The van der Waals surface area contributed by atoms with Crippen LogP contribution in [0.4, 0.5) is 11.4 Å². The van der Waals surface area contributed by atoms with E-state index in [2.05, 4.69) is 17.0 Å². The van der Waals surface area contributed by atoms with Gasteiger partial charge in [0.05, 0.1) is 11.4 Å². The number of hydrogen-bond donors (Lipinski definition) is 1. The molecule has 0 aliphatic carbocycles. The maximum absolute atomic E-state index is 3.89. The number of para-hydroxylation sites is 1. The van der Waals surface area contributed by atoms with Crippen LogP contribution in [0.25, 0.3) is 0 Å². The van der Waals surface area contributed by atoms with Crippen LogP contribution in [0.2, 0.25) is 0 Å². The Morgan fingerprint density at radius 3 is 2.31 bits per heavy atom. The fraction of sp³-hybridized carbons (Fsp3) is 0.364. The van der Waals surface area contributed by atoms with E-state index in [4.69, 9.17) is 0 Å². The number of aryl methyl sites for hydroxylation is 1. The van der Waals surface area contributed by atoms with Crippen molar-refractivity contribution in [3.05, 3.63) is 23.8 Å². The van der Waals surface area contributed by atoms with Crippen LogP contribution in [0.5, 0.6) is 0 Å². The number of anilines is 1. The maximum atomic E-state index is 3.89. The molecule has 13 heavy (non-hydrogen) atoms. The van der Waals surface area contributed by atoms with Crippen LogP contribution < -0.4 is 5.32 Å². The lowest BCUT2D eigenvalue weighted by Gasteiger charge is -2.06. The highest BCUT2D eigenvalue weighted by Crippen LogP contribution is 2.26. The summed E-state index contributed by atoms with van der Waals surface area (Å²) in [6.45, 7) is 9.53. The summed E-state index contributed by atoms with van der Waals surface area (Å²) in [5, 5.41) is 3.08. The molecule has 0 aliphatic heterocycles. The third-order valence-electron chi connectivity index (χ3n) is 1.67. The molecular weight excluding hydrogens is 160 g/mol. The molecule has 0 unspecified atom stereocenters. The van der Waals surface area contributed by atoms with Crippen LogP contribution in [-0.4, -0.2) is 13.8 Å². The summed E-state index contributed by atoms with van der Waals surface area (Å²) in [4.78, 5) is 3.89. The van der Waals surface area contributed by atoms with Gasteiger partial charge in [0.15, 0.2) is 0 Å². The number of benzene rings is 1. The zero-order valence-corrected chi connectivity index (χ0v) is 8.89. The molecule has 0 heterocycles. The van der Waals surface area contributed by atoms with Crippen molar-refractivity contribution in [2.24, 2.45) is 4.99 Å². The molecule has 1 rings (SSSR count). The third kappa shape index (κ3) is 2.90. The van der Waals surface area contributed by atoms with Crippen LogP contribution in [0.15, 0.2) is 23.2 Å². The van der Waals surface area contributed by atoms with Crippen LogP contribution in [-0.2, 0) is 0 Å². The third-order valence-corrected chi connectivity index (χ3v) is 1.67. The summed E-state index contributed by atoms with van der Waals surface area (Å²) in [5.41, 5.74) is 3.16. The molecule has 0 amide bonds. The zero-order valence-electron chi connectivity index (χ0n) is 8.89. The van der Waals surface area contributed by atoms with Crippen molar-refractivity contribution < 1.29 is 0 Å². The van der Waals surface area contributed by atoms with E-state index in [1.165, 1.54) is 5.56 Å². The number of aliphatic imine (C=N–C) groups is 1. The average molecular weight is 178 g/mol. The SMILES string of the molecule is C=Nc1cccc(C)c1NC.CC. The molecule has 2 nitrogen and oxygen atoms in total. The van der Waals surface area contributed by atoms with Gasteiger partial charge in [-0.1, -0.05) is 26.0 Å². The summed E-state index contributed by atoms with van der Waals surface area (Å²) in [6, 6.07) is 5.95. The van der Waals surface area contributed by atoms with Crippen LogP contribution in [0.1, 0.15) is 19.4 Å². The van der Waals surface area contributed by atoms with Crippen LogP contribution >= 0.6 is 0 Å². The zero-order chi connectivity index (χ0) is 10.3. The predicted molar refractivity (Wildman–Crippen MR) is 61.3 cm³/mol. The molecule has 0 saturated heterocycles. The van der Waals surface area contributed by atoms with Crippen molar-refractivity contribution in [3.8, 4) is 0 Å². The first-order chi connectivity index (χ1) is 6.29. The van der Waals surface area contributed by atoms with Gasteiger partial charge in [0.2, 0.25) is 0 Å². The highest BCUT2D eigenvalue weighted by Gasteiger charge is 1.99. The van der Waals surface area contributed by atoms with Gasteiger partial charge in [-0.2, -0.15) is 0 Å². The molecule has 0 bridgehead atoms. The molecule has 2 heteroatoms. The quantitative estimate of drug-likeness (QED) is 0.690. The topological polar surface area (TPSA) is 24.4 Å². The van der Waals surface area contributed by atoms with Gasteiger partial charge in [-0.3, -0.25) is 4.99 Å². The van der Waals surface area contributed by atoms with E-state index in [0.717, 1.165) is 11.4 Å². The van der Waals surface area contributed by atoms with Gasteiger partial charge < -0.3 is 5.32 Å². The number of nitrogens with zero attached hydrogens (tertiary/aromatic N) is 1. The number of hydrogen-bond acceptors (Lipinski definition) is 2. The van der Waals surface area contributed by atoms with E-state index in [1.54, 1.807) is 0 Å². The first kappa shape index (κ1) is 11.7. The molecule has 1 N–H and O–H groups in total. The Morgan fingerprint density at radius 1 is 1.31 bits per heavy atom. The molecule has 1 aromatic rings. The molecule has 72 valence electrons. The highest BCUT2D eigenvalue weighted by molar-refractivity contribution is 5.70. The van der Waals surface area contributed by atoms with E-state index in [0.29, 0.717) is 0 Å². The van der Waals surface area contributed by atoms with E-state index < -0.39 is 0 Å². The summed E-state index contributed by atoms with van der Waals surface area (Å²) in [6.07, 6.45) is 0. The summed E-state index contributed by atoms with van der Waals surface area (Å²) in [5.74, 6) is 0. The van der Waals surface area contributed by atoms with Crippen molar-refractivity contribution in [3.63, 3.8) is 0 Å². The van der Waals surface area contributed by atoms with Crippen molar-refractivity contribution in [1.29, 1.82) is 0 Å². The Morgan fingerprint density at radius 2 is 1.92 bits per heavy atom. The highest BCUT2D eigenvalue weighted by atomic mass is 14.9. The second-order valence-corrected chi connectivity index (χ2v) is 2.38. The Bertz CT molecular complexity index is 267. The van der Waals surface area contributed by atoms with Crippen molar-refractivity contribution in [2.75, 3.05) is 12.4 Å². The van der Waals surface area contributed by atoms with Gasteiger partial charge in [0.25, 0.3) is 0 Å². The first-order valence-electron chi connectivity index (χ1n) is 4.53.